The van der Waals surface area contributed by atoms with Gasteiger partial charge in [-0.15, -0.1) is 0 Å². The molecular weight excluding hydrogens is 362 g/mol. The lowest BCUT2D eigenvalue weighted by Crippen LogP contribution is -3.06. The molecule has 6 fully saturated rings. The minimum Gasteiger partial charge on any atom is -0.356 e. The second kappa shape index (κ2) is 5.08. The minimum absolute atomic E-state index is 0.0659. The fraction of sp³-hybridized carbons (Fsp3) is 0.889. The fourth-order valence-corrected chi connectivity index (χ4v) is 7.38. The van der Waals surface area contributed by atoms with E-state index in [-0.39, 0.29) is 38.2 Å². The van der Waals surface area contributed by atoms with Crippen LogP contribution in [0.1, 0.15) is 26.2 Å². The summed E-state index contributed by atoms with van der Waals surface area (Å²) >= 11 is 0. The summed E-state index contributed by atoms with van der Waals surface area (Å²) in [4.78, 5) is 0. The number of unbranched alkanes of at least 4 members (excludes halogenated alkanes) is 1. The summed E-state index contributed by atoms with van der Waals surface area (Å²) in [6.07, 6.45) is -0.703. The Labute approximate surface area is 155 Å². The monoisotopic (exact) mass is 387 g/mol. The van der Waals surface area contributed by atoms with Gasteiger partial charge in [0.15, 0.2) is 11.9 Å². The van der Waals surface area contributed by atoms with Gasteiger partial charge in [-0.25, -0.2) is 8.78 Å². The molecular formula is C18H25F4N5. The van der Waals surface area contributed by atoms with Crippen molar-refractivity contribution in [2.24, 2.45) is 46.8 Å². The van der Waals surface area contributed by atoms with E-state index in [1.807, 2.05) is 0 Å². The van der Waals surface area contributed by atoms with E-state index in [2.05, 4.69) is 16.0 Å². The first kappa shape index (κ1) is 17.6. The maximum absolute atomic E-state index is 13.1. The average Bonchev–Trinajstić information content (AvgIpc) is 2.59. The number of nitrogens with one attached hydrogen (secondary N) is 5. The molecule has 0 aromatic carbocycles. The van der Waals surface area contributed by atoms with Crippen molar-refractivity contribution >= 4 is 11.9 Å². The van der Waals surface area contributed by atoms with Crippen LogP contribution < -0.4 is 16.0 Å². The smallest absolute Gasteiger partial charge is 0.309 e. The van der Waals surface area contributed by atoms with Gasteiger partial charge < -0.3 is 10.6 Å². The predicted octanol–water partition coefficient (Wildman–Crippen LogP) is 2.45. The summed E-state index contributed by atoms with van der Waals surface area (Å²) in [7, 11) is 0. The minimum atomic E-state index is -4.02. The lowest BCUT2D eigenvalue weighted by molar-refractivity contribution is -0.612. The number of alkyl halides is 4. The molecule has 0 aliphatic heterocycles. The van der Waals surface area contributed by atoms with Gasteiger partial charge in [0.25, 0.3) is 0 Å². The van der Waals surface area contributed by atoms with Gasteiger partial charge in [0.05, 0.1) is 0 Å². The third kappa shape index (κ3) is 1.91. The van der Waals surface area contributed by atoms with Gasteiger partial charge in [-0.3, -0.25) is 16.1 Å². The van der Waals surface area contributed by atoms with Gasteiger partial charge in [-0.1, -0.05) is 0 Å². The zero-order chi connectivity index (χ0) is 19.4. The van der Waals surface area contributed by atoms with E-state index in [0.29, 0.717) is 5.41 Å². The molecule has 6 aliphatic rings. The van der Waals surface area contributed by atoms with Gasteiger partial charge >= 0.3 is 11.8 Å². The topological polar surface area (TPSA) is 83.8 Å². The maximum atomic E-state index is 13.1. The molecule has 5 N–H and O–H groups in total. The fourth-order valence-electron chi connectivity index (χ4n) is 7.38. The van der Waals surface area contributed by atoms with E-state index >= 15 is 0 Å². The molecule has 150 valence electrons. The predicted molar refractivity (Wildman–Crippen MR) is 90.9 cm³/mol. The van der Waals surface area contributed by atoms with Crippen LogP contribution in [0.25, 0.3) is 0 Å². The molecule has 0 spiro atoms. The summed E-state index contributed by atoms with van der Waals surface area (Å²) in [5.74, 6) is -1.31. The first-order chi connectivity index (χ1) is 12.6. The average molecular weight is 387 g/mol. The molecule has 27 heavy (non-hydrogen) atoms. The highest BCUT2D eigenvalue weighted by Gasteiger charge is 3.03. The van der Waals surface area contributed by atoms with Crippen LogP contribution in [0.4, 0.5) is 17.6 Å². The Bertz CT molecular complexity index is 652. The van der Waals surface area contributed by atoms with Crippen molar-refractivity contribution in [1.29, 1.82) is 10.8 Å². The standard InChI is InChI=1S/C18H25F4N5/c1-16(19,20)18(21,22)4-2-3-5-25-14(23)27-15(24)26-6-17-11-8-7-9(11)13(17)10(7)12(8)17/h7-13H,2-6H2,1H3,(H5,23,24,25,26,27). The number of rotatable bonds is 8. The number of guanidine groups is 2. The van der Waals surface area contributed by atoms with Crippen LogP contribution in [-0.2, 0) is 0 Å². The van der Waals surface area contributed by atoms with Crippen LogP contribution in [0.15, 0.2) is 0 Å². The summed E-state index contributed by atoms with van der Waals surface area (Å²) in [6.45, 7) is 1.25. The summed E-state index contributed by atoms with van der Waals surface area (Å²) < 4.78 is 51.7. The molecule has 0 heterocycles. The third-order valence-corrected chi connectivity index (χ3v) is 8.37. The molecule has 6 saturated carbocycles. The highest BCUT2D eigenvalue weighted by Crippen LogP contribution is 3.05. The van der Waals surface area contributed by atoms with Crippen molar-refractivity contribution < 1.29 is 17.6 Å². The largest absolute Gasteiger partial charge is 0.356 e. The van der Waals surface area contributed by atoms with E-state index in [1.165, 1.54) is 0 Å². The van der Waals surface area contributed by atoms with E-state index in [1.54, 1.807) is 0 Å². The Morgan fingerprint density at radius 3 is 2.00 bits per heavy atom. The lowest BCUT2D eigenvalue weighted by Gasteiger charge is -3.08. The Hall–Kier alpha value is -1.54. The van der Waals surface area contributed by atoms with Crippen molar-refractivity contribution in [1.82, 2.24) is 16.0 Å². The molecule has 0 radical (unpaired) electrons. The Morgan fingerprint density at radius 2 is 1.44 bits per heavy atom. The molecule has 0 bridgehead atoms. The first-order valence-corrected chi connectivity index (χ1v) is 9.79. The molecule has 0 aromatic heterocycles. The van der Waals surface area contributed by atoms with Gasteiger partial charge in [-0.2, -0.15) is 8.78 Å². The van der Waals surface area contributed by atoms with E-state index < -0.39 is 18.3 Å². The van der Waals surface area contributed by atoms with Gasteiger partial charge in [0.1, 0.15) is 0 Å². The Balaban J connectivity index is 0.950. The summed E-state index contributed by atoms with van der Waals surface area (Å²) in [5, 5.41) is 24.0. The lowest BCUT2D eigenvalue weighted by atomic mass is 8.96. The van der Waals surface area contributed by atoms with Gasteiger partial charge in [-0.05, 0) is 59.7 Å². The highest BCUT2D eigenvalue weighted by molar-refractivity contribution is 5.95. The molecule has 0 amide bonds. The van der Waals surface area contributed by atoms with Crippen LogP contribution in [0.5, 0.6) is 0 Å². The van der Waals surface area contributed by atoms with Crippen LogP contribution in [0.3, 0.4) is 0 Å². The van der Waals surface area contributed by atoms with Crippen LogP contribution in [0, 0.1) is 57.7 Å². The second-order valence-electron chi connectivity index (χ2n) is 9.20. The number of hydrogen-bond donors (Lipinski definition) is 5. The number of halogens is 4. The molecule has 6 aliphatic carbocycles. The quantitative estimate of drug-likeness (QED) is 0.192. The van der Waals surface area contributed by atoms with Gasteiger partial charge in [0.2, 0.25) is 0 Å². The molecule has 0 saturated heterocycles. The third-order valence-electron chi connectivity index (χ3n) is 8.37. The first-order valence-electron chi connectivity index (χ1n) is 9.79. The zero-order valence-electron chi connectivity index (χ0n) is 15.1. The molecule has 0 aromatic rings. The zero-order valence-corrected chi connectivity index (χ0v) is 15.1. The Kier molecular flexibility index (Phi) is 3.30. The van der Waals surface area contributed by atoms with Crippen molar-refractivity contribution in [3.05, 3.63) is 0 Å². The van der Waals surface area contributed by atoms with E-state index in [4.69, 9.17) is 10.8 Å². The van der Waals surface area contributed by atoms with E-state index in [9.17, 15) is 17.6 Å². The van der Waals surface area contributed by atoms with E-state index in [0.717, 1.165) is 48.0 Å². The Morgan fingerprint density at radius 1 is 0.889 bits per heavy atom. The second-order valence-corrected chi connectivity index (χ2v) is 9.20. The molecule has 9 heteroatoms. The molecule has 0 unspecified atom stereocenters. The number of hydrogen-bond acceptors (Lipinski definition) is 2. The SMILES string of the molecule is CC(F)(F)C(F)(F)CCCCNC(=N)NC(=N)NCC12C3C4C5C3C1C5C42. The van der Waals surface area contributed by atoms with Crippen LogP contribution in [0.2, 0.25) is 0 Å². The van der Waals surface area contributed by atoms with Crippen molar-refractivity contribution in [3.63, 3.8) is 0 Å². The van der Waals surface area contributed by atoms with Crippen molar-refractivity contribution in [2.45, 2.75) is 38.0 Å². The highest BCUT2D eigenvalue weighted by atomic mass is 19.3. The van der Waals surface area contributed by atoms with Gasteiger partial charge in [0, 0.05) is 26.4 Å². The van der Waals surface area contributed by atoms with Crippen LogP contribution in [-0.4, -0.2) is 36.9 Å². The van der Waals surface area contributed by atoms with Crippen molar-refractivity contribution in [2.75, 3.05) is 13.1 Å². The molecule has 0 atom stereocenters. The summed E-state index contributed by atoms with van der Waals surface area (Å²) in [5.41, 5.74) is 0.449. The molecule has 5 nitrogen and oxygen atoms in total. The van der Waals surface area contributed by atoms with Crippen LogP contribution >= 0.6 is 0 Å². The molecule has 6 rings (SSSR count). The van der Waals surface area contributed by atoms with Crippen molar-refractivity contribution in [3.8, 4) is 0 Å². The maximum Gasteiger partial charge on any atom is 0.309 e. The summed E-state index contributed by atoms with van der Waals surface area (Å²) in [6, 6.07) is 0. The normalized spacial score (nSPS) is 43.8.